The number of ether oxygens (including phenoxy) is 2. The molecular weight excluding hydrogens is 406 g/mol. The molecule has 2 aromatic carbocycles. The van der Waals surface area contributed by atoms with Gasteiger partial charge in [-0.2, -0.15) is 5.26 Å². The smallest absolute Gasteiger partial charge is 0.264 e. The van der Waals surface area contributed by atoms with Crippen LogP contribution >= 0.6 is 0 Å². The third kappa shape index (κ3) is 3.42. The van der Waals surface area contributed by atoms with E-state index in [0.717, 1.165) is 5.56 Å². The van der Waals surface area contributed by atoms with Gasteiger partial charge < -0.3 is 19.1 Å². The number of benzene rings is 2. The lowest BCUT2D eigenvalue weighted by Crippen LogP contribution is -2.20. The van der Waals surface area contributed by atoms with E-state index in [4.69, 9.17) is 9.47 Å². The quantitative estimate of drug-likeness (QED) is 0.511. The summed E-state index contributed by atoms with van der Waals surface area (Å²) in [7, 11) is 3.22. The minimum atomic E-state index is -0.401. The van der Waals surface area contributed by atoms with Gasteiger partial charge in [-0.05, 0) is 42.8 Å². The molecule has 0 aliphatic carbocycles. The van der Waals surface area contributed by atoms with Gasteiger partial charge >= 0.3 is 0 Å². The number of aromatic hydroxyl groups is 1. The summed E-state index contributed by atoms with van der Waals surface area (Å²) in [6.07, 6.45) is 0. The molecule has 0 atom stereocenters. The monoisotopic (exact) mass is 427 g/mol. The van der Waals surface area contributed by atoms with Crippen molar-refractivity contribution >= 4 is 10.9 Å². The van der Waals surface area contributed by atoms with Gasteiger partial charge in [0.15, 0.2) is 0 Å². The second-order valence-electron chi connectivity index (χ2n) is 7.11. The first-order valence-electron chi connectivity index (χ1n) is 10.0. The zero-order chi connectivity index (χ0) is 22.8. The van der Waals surface area contributed by atoms with Gasteiger partial charge in [0.05, 0.1) is 24.9 Å². The predicted octanol–water partition coefficient (Wildman–Crippen LogP) is 4.25. The molecule has 1 N–H and O–H groups in total. The first kappa shape index (κ1) is 20.9. The maximum atomic E-state index is 13.2. The Labute approximate surface area is 184 Å². The number of para-hydroxylation sites is 1. The largest absolute Gasteiger partial charge is 0.506 e. The van der Waals surface area contributed by atoms with E-state index in [2.05, 4.69) is 11.1 Å². The van der Waals surface area contributed by atoms with E-state index in [-0.39, 0.29) is 35.1 Å². The summed E-state index contributed by atoms with van der Waals surface area (Å²) in [4.78, 5) is 17.6. The molecule has 160 valence electrons. The number of rotatable bonds is 5. The third-order valence-corrected chi connectivity index (χ3v) is 5.31. The van der Waals surface area contributed by atoms with Crippen LogP contribution in [0.2, 0.25) is 0 Å². The molecule has 32 heavy (non-hydrogen) atoms. The second-order valence-corrected chi connectivity index (χ2v) is 7.11. The molecule has 0 aliphatic rings. The van der Waals surface area contributed by atoms with E-state index >= 15 is 0 Å². The molecular formula is C25H21N3O4. The Hall–Kier alpha value is -4.31. The minimum absolute atomic E-state index is 0.0476. The van der Waals surface area contributed by atoms with Crippen LogP contribution in [0, 0.1) is 11.3 Å². The summed E-state index contributed by atoms with van der Waals surface area (Å²) >= 11 is 0. The molecule has 0 aliphatic heterocycles. The summed E-state index contributed by atoms with van der Waals surface area (Å²) in [5, 5.41) is 21.4. The number of fused-ring (bicyclic) bond motifs is 1. The molecule has 0 spiro atoms. The molecule has 0 amide bonds. The molecule has 4 aromatic rings. The molecule has 2 heterocycles. The number of aryl methyl sites for hydroxylation is 1. The molecule has 0 radical (unpaired) electrons. The zero-order valence-corrected chi connectivity index (χ0v) is 17.9. The molecule has 0 unspecified atom stereocenters. The van der Waals surface area contributed by atoms with Crippen molar-refractivity contribution in [3.8, 4) is 45.8 Å². The number of nitriles is 1. The van der Waals surface area contributed by atoms with Crippen molar-refractivity contribution in [2.45, 2.75) is 6.92 Å². The van der Waals surface area contributed by atoms with Crippen LogP contribution in [-0.4, -0.2) is 28.4 Å². The lowest BCUT2D eigenvalue weighted by molar-refractivity contribution is 0.326. The van der Waals surface area contributed by atoms with Crippen LogP contribution in [0.1, 0.15) is 12.5 Å². The number of aromatic nitrogens is 2. The van der Waals surface area contributed by atoms with Gasteiger partial charge in [-0.3, -0.25) is 4.79 Å². The number of hydrogen-bond acceptors (Lipinski definition) is 6. The van der Waals surface area contributed by atoms with Crippen molar-refractivity contribution in [1.82, 2.24) is 9.55 Å². The van der Waals surface area contributed by atoms with E-state index in [9.17, 15) is 15.2 Å². The molecule has 2 aromatic heterocycles. The SMILES string of the molecule is CCOc1nc(-c2c(O)c3ccccc3n(C)c2=O)cc(-c2ccc(OC)cc2)c1C#N. The van der Waals surface area contributed by atoms with Gasteiger partial charge in [0, 0.05) is 18.0 Å². The maximum Gasteiger partial charge on any atom is 0.264 e. The van der Waals surface area contributed by atoms with Crippen molar-refractivity contribution in [2.75, 3.05) is 13.7 Å². The fourth-order valence-corrected chi connectivity index (χ4v) is 3.71. The molecule has 0 fully saturated rings. The van der Waals surface area contributed by atoms with E-state index in [1.807, 2.05) is 12.1 Å². The Kier molecular flexibility index (Phi) is 5.52. The summed E-state index contributed by atoms with van der Waals surface area (Å²) in [6, 6.07) is 18.1. The number of pyridine rings is 2. The average molecular weight is 427 g/mol. The summed E-state index contributed by atoms with van der Waals surface area (Å²) in [6.45, 7) is 2.07. The van der Waals surface area contributed by atoms with E-state index in [0.29, 0.717) is 22.2 Å². The van der Waals surface area contributed by atoms with Crippen molar-refractivity contribution in [3.63, 3.8) is 0 Å². The molecule has 0 saturated carbocycles. The molecule has 4 rings (SSSR count). The van der Waals surface area contributed by atoms with Gasteiger partial charge in [0.25, 0.3) is 5.56 Å². The van der Waals surface area contributed by atoms with Crippen LogP contribution in [0.4, 0.5) is 0 Å². The zero-order valence-electron chi connectivity index (χ0n) is 17.9. The van der Waals surface area contributed by atoms with Crippen molar-refractivity contribution in [3.05, 3.63) is 70.5 Å². The van der Waals surface area contributed by atoms with Gasteiger partial charge in [-0.25, -0.2) is 4.98 Å². The Balaban J connectivity index is 2.05. The van der Waals surface area contributed by atoms with Gasteiger partial charge in [0.2, 0.25) is 5.88 Å². The van der Waals surface area contributed by atoms with E-state index in [1.165, 1.54) is 4.57 Å². The van der Waals surface area contributed by atoms with Crippen LogP contribution in [0.3, 0.4) is 0 Å². The first-order chi connectivity index (χ1) is 15.5. The standard InChI is InChI=1S/C25H21N3O4/c1-4-32-24-19(14-26)18(15-9-11-16(31-3)12-10-15)13-20(27-24)22-23(29)17-7-5-6-8-21(17)28(2)25(22)30/h5-13,29H,4H2,1-3H3. The Bertz CT molecular complexity index is 1420. The van der Waals surface area contributed by atoms with Crippen LogP contribution in [0.5, 0.6) is 17.4 Å². The van der Waals surface area contributed by atoms with Crippen molar-refractivity contribution in [2.24, 2.45) is 7.05 Å². The number of hydrogen-bond donors (Lipinski definition) is 1. The Morgan fingerprint density at radius 2 is 1.88 bits per heavy atom. The van der Waals surface area contributed by atoms with Crippen molar-refractivity contribution in [1.29, 1.82) is 5.26 Å². The number of nitrogens with zero attached hydrogens (tertiary/aromatic N) is 3. The highest BCUT2D eigenvalue weighted by molar-refractivity contribution is 5.92. The normalized spacial score (nSPS) is 10.7. The Morgan fingerprint density at radius 1 is 1.16 bits per heavy atom. The highest BCUT2D eigenvalue weighted by Gasteiger charge is 2.22. The summed E-state index contributed by atoms with van der Waals surface area (Å²) in [5.41, 5.74) is 1.99. The van der Waals surface area contributed by atoms with Crippen LogP contribution < -0.4 is 15.0 Å². The first-order valence-corrected chi connectivity index (χ1v) is 10.0. The third-order valence-electron chi connectivity index (χ3n) is 5.31. The van der Waals surface area contributed by atoms with E-state index in [1.54, 1.807) is 63.5 Å². The van der Waals surface area contributed by atoms with Crippen LogP contribution in [0.15, 0.2) is 59.4 Å². The summed E-state index contributed by atoms with van der Waals surface area (Å²) < 4.78 is 12.3. The average Bonchev–Trinajstić information content (AvgIpc) is 2.83. The molecule has 0 saturated heterocycles. The summed E-state index contributed by atoms with van der Waals surface area (Å²) in [5.74, 6) is 0.615. The lowest BCUT2D eigenvalue weighted by atomic mass is 9.98. The minimum Gasteiger partial charge on any atom is -0.506 e. The van der Waals surface area contributed by atoms with Crippen LogP contribution in [0.25, 0.3) is 33.3 Å². The maximum absolute atomic E-state index is 13.2. The lowest BCUT2D eigenvalue weighted by Gasteiger charge is -2.15. The van der Waals surface area contributed by atoms with E-state index < -0.39 is 5.56 Å². The van der Waals surface area contributed by atoms with Crippen molar-refractivity contribution < 1.29 is 14.6 Å². The molecule has 0 bridgehead atoms. The highest BCUT2D eigenvalue weighted by atomic mass is 16.5. The van der Waals surface area contributed by atoms with Gasteiger partial charge in [0.1, 0.15) is 28.7 Å². The van der Waals surface area contributed by atoms with Crippen LogP contribution in [-0.2, 0) is 7.05 Å². The topological polar surface area (TPSA) is 97.4 Å². The highest BCUT2D eigenvalue weighted by Crippen LogP contribution is 2.37. The predicted molar refractivity (Wildman–Crippen MR) is 122 cm³/mol. The Morgan fingerprint density at radius 3 is 2.53 bits per heavy atom. The van der Waals surface area contributed by atoms with Gasteiger partial charge in [-0.15, -0.1) is 0 Å². The fraction of sp³-hybridized carbons (Fsp3) is 0.160. The molecule has 7 nitrogen and oxygen atoms in total. The fourth-order valence-electron chi connectivity index (χ4n) is 3.71. The number of methoxy groups -OCH3 is 1. The molecule has 7 heteroatoms. The second kappa shape index (κ2) is 8.44. The van der Waals surface area contributed by atoms with Gasteiger partial charge in [-0.1, -0.05) is 24.3 Å².